The molecular weight excluding hydrogens is 312 g/mol. The third kappa shape index (κ3) is 5.86. The molecule has 1 rings (SSSR count). The number of hydrogen-bond acceptors (Lipinski definition) is 3. The van der Waals surface area contributed by atoms with Gasteiger partial charge in [0, 0.05) is 26.6 Å². The molecule has 0 aliphatic rings. The molecule has 0 spiro atoms. The van der Waals surface area contributed by atoms with Crippen molar-refractivity contribution in [1.82, 2.24) is 4.90 Å². The summed E-state index contributed by atoms with van der Waals surface area (Å²) in [5, 5.41) is 0. The Balaban J connectivity index is 2.88. The van der Waals surface area contributed by atoms with Crippen molar-refractivity contribution in [1.29, 1.82) is 0 Å². The van der Waals surface area contributed by atoms with Gasteiger partial charge in [0.25, 0.3) is 0 Å². The molecule has 5 nitrogen and oxygen atoms in total. The zero-order valence-electron chi connectivity index (χ0n) is 14.6. The number of nitrogens with zero attached hydrogens (tertiary/aromatic N) is 2. The average molecular weight is 340 g/mol. The number of para-hydroxylation sites is 1. The Morgan fingerprint density at radius 2 is 1.78 bits per heavy atom. The lowest BCUT2D eigenvalue weighted by Gasteiger charge is -2.25. The summed E-state index contributed by atoms with van der Waals surface area (Å²) in [5.74, 6) is -0.0268. The van der Waals surface area contributed by atoms with Crippen LogP contribution in [0.1, 0.15) is 38.7 Å². The highest BCUT2D eigenvalue weighted by Crippen LogP contribution is 2.23. The Morgan fingerprint density at radius 1 is 1.13 bits per heavy atom. The highest BCUT2D eigenvalue weighted by atomic mass is 32.2. The molecule has 0 saturated heterocycles. The van der Waals surface area contributed by atoms with Gasteiger partial charge in [0.1, 0.15) is 0 Å². The Hall–Kier alpha value is -1.56. The third-order valence-electron chi connectivity index (χ3n) is 3.84. The van der Waals surface area contributed by atoms with Gasteiger partial charge < -0.3 is 4.90 Å². The van der Waals surface area contributed by atoms with Crippen molar-refractivity contribution in [3.63, 3.8) is 0 Å². The van der Waals surface area contributed by atoms with Crippen LogP contribution in [0.5, 0.6) is 0 Å². The second-order valence-electron chi connectivity index (χ2n) is 5.74. The molecule has 0 radical (unpaired) electrons. The standard InChI is InChI=1S/C17H28N2O3S/c1-5-7-13-18(3)17(20)12-14-19(23(4,21)22)16-11-9-8-10-15(16)6-2/h8-11H,5-7,12-14H2,1-4H3. The van der Waals surface area contributed by atoms with E-state index in [9.17, 15) is 13.2 Å². The Labute approximate surface area is 140 Å². The summed E-state index contributed by atoms with van der Waals surface area (Å²) in [5.41, 5.74) is 1.63. The molecule has 1 amide bonds. The molecule has 1 aromatic carbocycles. The minimum absolute atomic E-state index is 0.0268. The molecule has 130 valence electrons. The number of hydrogen-bond donors (Lipinski definition) is 0. The summed E-state index contributed by atoms with van der Waals surface area (Å²) in [6, 6.07) is 7.43. The Bertz CT molecular complexity index is 614. The summed E-state index contributed by atoms with van der Waals surface area (Å²) in [4.78, 5) is 13.8. The van der Waals surface area contributed by atoms with Crippen LogP contribution < -0.4 is 4.31 Å². The maximum absolute atomic E-state index is 12.2. The monoisotopic (exact) mass is 340 g/mol. The number of unbranched alkanes of at least 4 members (excludes halogenated alkanes) is 1. The normalized spacial score (nSPS) is 11.3. The molecule has 0 unspecified atom stereocenters. The van der Waals surface area contributed by atoms with Gasteiger partial charge in [0.15, 0.2) is 0 Å². The van der Waals surface area contributed by atoms with E-state index in [1.54, 1.807) is 18.0 Å². The Kier molecular flexibility index (Phi) is 7.55. The molecule has 1 aromatic rings. The van der Waals surface area contributed by atoms with Crippen LogP contribution in [-0.4, -0.2) is 45.6 Å². The lowest BCUT2D eigenvalue weighted by molar-refractivity contribution is -0.129. The van der Waals surface area contributed by atoms with Gasteiger partial charge in [-0.1, -0.05) is 38.5 Å². The number of benzene rings is 1. The first-order valence-corrected chi connectivity index (χ1v) is 9.95. The van der Waals surface area contributed by atoms with Gasteiger partial charge in [-0.2, -0.15) is 0 Å². The molecule has 0 saturated carbocycles. The van der Waals surface area contributed by atoms with E-state index in [0.717, 1.165) is 24.8 Å². The summed E-state index contributed by atoms with van der Waals surface area (Å²) >= 11 is 0. The molecule has 0 fully saturated rings. The van der Waals surface area contributed by atoms with Gasteiger partial charge >= 0.3 is 0 Å². The number of anilines is 1. The molecular formula is C17H28N2O3S. The van der Waals surface area contributed by atoms with Gasteiger partial charge in [0.2, 0.25) is 15.9 Å². The summed E-state index contributed by atoms with van der Waals surface area (Å²) in [7, 11) is -1.66. The number of aryl methyl sites for hydroxylation is 1. The third-order valence-corrected chi connectivity index (χ3v) is 5.02. The molecule has 0 aliphatic carbocycles. The van der Waals surface area contributed by atoms with Crippen LogP contribution in [-0.2, 0) is 21.2 Å². The smallest absolute Gasteiger partial charge is 0.232 e. The Morgan fingerprint density at radius 3 is 2.35 bits per heavy atom. The van der Waals surface area contributed by atoms with E-state index < -0.39 is 10.0 Å². The van der Waals surface area contributed by atoms with Crippen molar-refractivity contribution in [2.45, 2.75) is 39.5 Å². The summed E-state index contributed by atoms with van der Waals surface area (Å²) in [6.45, 7) is 4.94. The van der Waals surface area contributed by atoms with Crippen LogP contribution in [0.2, 0.25) is 0 Å². The first kappa shape index (κ1) is 19.5. The van der Waals surface area contributed by atoms with Crippen LogP contribution >= 0.6 is 0 Å². The second kappa shape index (κ2) is 8.91. The van der Waals surface area contributed by atoms with Crippen molar-refractivity contribution in [2.24, 2.45) is 0 Å². The van der Waals surface area contributed by atoms with E-state index in [-0.39, 0.29) is 18.9 Å². The van der Waals surface area contributed by atoms with Crippen molar-refractivity contribution in [3.8, 4) is 0 Å². The number of rotatable bonds is 9. The number of amides is 1. The molecule has 0 aliphatic heterocycles. The lowest BCUT2D eigenvalue weighted by atomic mass is 10.1. The van der Waals surface area contributed by atoms with Gasteiger partial charge in [-0.25, -0.2) is 8.42 Å². The molecule has 0 aromatic heterocycles. The molecule has 0 bridgehead atoms. The lowest BCUT2D eigenvalue weighted by Crippen LogP contribution is -2.36. The van der Waals surface area contributed by atoms with Crippen molar-refractivity contribution in [3.05, 3.63) is 29.8 Å². The highest BCUT2D eigenvalue weighted by molar-refractivity contribution is 7.92. The molecule has 0 heterocycles. The van der Waals surface area contributed by atoms with E-state index in [0.29, 0.717) is 12.2 Å². The van der Waals surface area contributed by atoms with Gasteiger partial charge in [-0.15, -0.1) is 0 Å². The zero-order chi connectivity index (χ0) is 17.5. The van der Waals surface area contributed by atoms with Crippen LogP contribution in [0.4, 0.5) is 5.69 Å². The molecule has 0 N–H and O–H groups in total. The van der Waals surface area contributed by atoms with E-state index in [1.165, 1.54) is 10.6 Å². The van der Waals surface area contributed by atoms with Crippen molar-refractivity contribution in [2.75, 3.05) is 30.7 Å². The van der Waals surface area contributed by atoms with Crippen molar-refractivity contribution < 1.29 is 13.2 Å². The second-order valence-corrected chi connectivity index (χ2v) is 7.64. The minimum atomic E-state index is -3.43. The predicted molar refractivity (Wildman–Crippen MR) is 95.2 cm³/mol. The number of sulfonamides is 1. The average Bonchev–Trinajstić information content (AvgIpc) is 2.51. The van der Waals surface area contributed by atoms with Crippen LogP contribution in [0.25, 0.3) is 0 Å². The van der Waals surface area contributed by atoms with Crippen LogP contribution in [0.3, 0.4) is 0 Å². The maximum atomic E-state index is 12.2. The topological polar surface area (TPSA) is 57.7 Å². The quantitative estimate of drug-likeness (QED) is 0.694. The number of carbonyl (C=O) groups excluding carboxylic acids is 1. The minimum Gasteiger partial charge on any atom is -0.346 e. The van der Waals surface area contributed by atoms with Crippen LogP contribution in [0, 0.1) is 0 Å². The van der Waals surface area contributed by atoms with Gasteiger partial charge in [-0.3, -0.25) is 9.10 Å². The van der Waals surface area contributed by atoms with E-state index in [4.69, 9.17) is 0 Å². The van der Waals surface area contributed by atoms with Gasteiger partial charge in [-0.05, 0) is 24.5 Å². The fraction of sp³-hybridized carbons (Fsp3) is 0.588. The maximum Gasteiger partial charge on any atom is 0.232 e. The van der Waals surface area contributed by atoms with E-state index in [2.05, 4.69) is 6.92 Å². The summed E-state index contributed by atoms with van der Waals surface area (Å²) < 4.78 is 25.7. The fourth-order valence-corrected chi connectivity index (χ4v) is 3.38. The highest BCUT2D eigenvalue weighted by Gasteiger charge is 2.21. The van der Waals surface area contributed by atoms with Crippen LogP contribution in [0.15, 0.2) is 24.3 Å². The van der Waals surface area contributed by atoms with Gasteiger partial charge in [0.05, 0.1) is 11.9 Å². The molecule has 6 heteroatoms. The van der Waals surface area contributed by atoms with Crippen molar-refractivity contribution >= 4 is 21.6 Å². The summed E-state index contributed by atoms with van der Waals surface area (Å²) in [6.07, 6.45) is 4.09. The first-order valence-electron chi connectivity index (χ1n) is 8.10. The largest absolute Gasteiger partial charge is 0.346 e. The molecule has 0 atom stereocenters. The zero-order valence-corrected chi connectivity index (χ0v) is 15.4. The van der Waals surface area contributed by atoms with E-state index in [1.807, 2.05) is 25.1 Å². The predicted octanol–water partition coefficient (Wildman–Crippen LogP) is 2.66. The fourth-order valence-electron chi connectivity index (χ4n) is 2.43. The molecule has 23 heavy (non-hydrogen) atoms. The van der Waals surface area contributed by atoms with E-state index >= 15 is 0 Å². The first-order chi connectivity index (χ1) is 10.8. The number of carbonyl (C=O) groups is 1. The SMILES string of the molecule is CCCCN(C)C(=O)CCN(c1ccccc1CC)S(C)(=O)=O.